The van der Waals surface area contributed by atoms with Gasteiger partial charge in [0, 0.05) is 10.9 Å². The molecule has 16 heavy (non-hydrogen) atoms. The lowest BCUT2D eigenvalue weighted by atomic mass is 9.98. The fourth-order valence-electron chi connectivity index (χ4n) is 1.99. The molecule has 0 unspecified atom stereocenters. The van der Waals surface area contributed by atoms with Gasteiger partial charge in [0.25, 0.3) is 0 Å². The van der Waals surface area contributed by atoms with Crippen LogP contribution < -0.4 is 5.73 Å². The van der Waals surface area contributed by atoms with Crippen LogP contribution in [0.15, 0.2) is 17.5 Å². The van der Waals surface area contributed by atoms with E-state index in [1.54, 1.807) is 0 Å². The lowest BCUT2D eigenvalue weighted by Gasteiger charge is -2.08. The van der Waals surface area contributed by atoms with E-state index in [-0.39, 0.29) is 12.4 Å². The summed E-state index contributed by atoms with van der Waals surface area (Å²) in [6, 6.07) is 4.36. The third-order valence-corrected chi connectivity index (χ3v) is 3.13. The van der Waals surface area contributed by atoms with E-state index in [9.17, 15) is 0 Å². The van der Waals surface area contributed by atoms with Gasteiger partial charge < -0.3 is 5.73 Å². The van der Waals surface area contributed by atoms with E-state index in [0.717, 1.165) is 5.69 Å². The van der Waals surface area contributed by atoms with Gasteiger partial charge in [-0.15, -0.1) is 23.7 Å². The van der Waals surface area contributed by atoms with Crippen LogP contribution >= 0.6 is 23.7 Å². The third-order valence-electron chi connectivity index (χ3n) is 2.46. The number of nitrogens with zero attached hydrogens (tertiary/aromatic N) is 1. The van der Waals surface area contributed by atoms with Crippen LogP contribution in [0, 0.1) is 20.8 Å². The van der Waals surface area contributed by atoms with Crippen molar-refractivity contribution in [1.29, 1.82) is 0 Å². The Hall–Kier alpha value is -1.06. The van der Waals surface area contributed by atoms with Gasteiger partial charge in [-0.05, 0) is 31.9 Å². The van der Waals surface area contributed by atoms with Crippen LogP contribution in [0.2, 0.25) is 0 Å². The lowest BCUT2D eigenvalue weighted by molar-refractivity contribution is 1.29. The molecule has 4 heteroatoms. The van der Waals surface area contributed by atoms with Crippen LogP contribution in [0.4, 0.5) is 5.13 Å². The Labute approximate surface area is 106 Å². The van der Waals surface area contributed by atoms with Gasteiger partial charge in [-0.1, -0.05) is 17.7 Å². The molecule has 0 atom stereocenters. The van der Waals surface area contributed by atoms with Crippen molar-refractivity contribution in [3.05, 3.63) is 34.2 Å². The zero-order valence-corrected chi connectivity index (χ0v) is 11.2. The molecule has 0 amide bonds. The van der Waals surface area contributed by atoms with Crippen molar-refractivity contribution >= 4 is 28.9 Å². The number of hydrogen-bond acceptors (Lipinski definition) is 3. The highest BCUT2D eigenvalue weighted by Gasteiger charge is 2.09. The third kappa shape index (κ3) is 2.36. The monoisotopic (exact) mass is 254 g/mol. The number of anilines is 1. The normalized spacial score (nSPS) is 9.94. The second-order valence-corrected chi connectivity index (χ2v) is 4.73. The molecule has 2 N–H and O–H groups in total. The molecule has 0 aliphatic rings. The Morgan fingerprint density at radius 3 is 2.12 bits per heavy atom. The Bertz CT molecular complexity index is 482. The predicted molar refractivity (Wildman–Crippen MR) is 73.4 cm³/mol. The summed E-state index contributed by atoms with van der Waals surface area (Å²) in [4.78, 5) is 4.33. The maximum absolute atomic E-state index is 5.65. The molecule has 0 fully saturated rings. The summed E-state index contributed by atoms with van der Waals surface area (Å²) < 4.78 is 0. The van der Waals surface area contributed by atoms with Gasteiger partial charge in [0.05, 0.1) is 5.69 Å². The van der Waals surface area contributed by atoms with Crippen molar-refractivity contribution in [2.45, 2.75) is 20.8 Å². The van der Waals surface area contributed by atoms with Crippen LogP contribution in [0.5, 0.6) is 0 Å². The summed E-state index contributed by atoms with van der Waals surface area (Å²) in [6.45, 7) is 6.34. The number of nitrogen functional groups attached to an aromatic ring is 1. The smallest absolute Gasteiger partial charge is 0.180 e. The average Bonchev–Trinajstić information content (AvgIpc) is 2.49. The second kappa shape index (κ2) is 4.85. The topological polar surface area (TPSA) is 38.9 Å². The Morgan fingerprint density at radius 2 is 1.69 bits per heavy atom. The molecule has 0 aliphatic carbocycles. The number of rotatable bonds is 1. The van der Waals surface area contributed by atoms with E-state index >= 15 is 0 Å². The molecule has 0 saturated carbocycles. The summed E-state index contributed by atoms with van der Waals surface area (Å²) in [5.74, 6) is 0. The highest BCUT2D eigenvalue weighted by Crippen LogP contribution is 2.29. The molecule has 2 rings (SSSR count). The maximum atomic E-state index is 5.65. The first-order chi connectivity index (χ1) is 7.08. The first-order valence-electron chi connectivity index (χ1n) is 4.87. The average molecular weight is 255 g/mol. The fraction of sp³-hybridized carbons (Fsp3) is 0.250. The first kappa shape index (κ1) is 13.0. The van der Waals surface area contributed by atoms with E-state index in [4.69, 9.17) is 5.73 Å². The van der Waals surface area contributed by atoms with Gasteiger partial charge in [-0.3, -0.25) is 0 Å². The van der Waals surface area contributed by atoms with Gasteiger partial charge in [0.15, 0.2) is 5.13 Å². The van der Waals surface area contributed by atoms with Crippen LogP contribution in [0.25, 0.3) is 11.3 Å². The van der Waals surface area contributed by atoms with Crippen molar-refractivity contribution in [2.75, 3.05) is 5.73 Å². The summed E-state index contributed by atoms with van der Waals surface area (Å²) in [5.41, 5.74) is 11.7. The molecule has 0 saturated heterocycles. The maximum Gasteiger partial charge on any atom is 0.180 e. The van der Waals surface area contributed by atoms with Crippen LogP contribution in [0.1, 0.15) is 16.7 Å². The molecular weight excluding hydrogens is 240 g/mol. The summed E-state index contributed by atoms with van der Waals surface area (Å²) in [6.07, 6.45) is 0. The standard InChI is InChI=1S/C12H14N2S.ClH/c1-7-4-8(2)11(9(3)5-7)10-6-15-12(13)14-10;/h4-6H,1-3H3,(H2,13,14);1H. The lowest BCUT2D eigenvalue weighted by Crippen LogP contribution is -1.91. The number of thiazole rings is 1. The number of nitrogens with two attached hydrogens (primary N) is 1. The van der Waals surface area contributed by atoms with Crippen LogP contribution in [-0.2, 0) is 0 Å². The van der Waals surface area contributed by atoms with Gasteiger partial charge in [-0.2, -0.15) is 0 Å². The van der Waals surface area contributed by atoms with E-state index in [2.05, 4.69) is 37.9 Å². The van der Waals surface area contributed by atoms with Crippen LogP contribution in [0.3, 0.4) is 0 Å². The number of aromatic nitrogens is 1. The Kier molecular flexibility index (Phi) is 3.94. The fourth-order valence-corrected chi connectivity index (χ4v) is 2.54. The highest BCUT2D eigenvalue weighted by molar-refractivity contribution is 7.13. The van der Waals surface area contributed by atoms with E-state index in [0.29, 0.717) is 5.13 Å². The molecule has 0 bridgehead atoms. The molecule has 1 aromatic heterocycles. The highest BCUT2D eigenvalue weighted by atomic mass is 35.5. The largest absolute Gasteiger partial charge is 0.375 e. The number of aryl methyl sites for hydroxylation is 3. The van der Waals surface area contributed by atoms with Crippen molar-refractivity contribution in [3.8, 4) is 11.3 Å². The van der Waals surface area contributed by atoms with Crippen LogP contribution in [-0.4, -0.2) is 4.98 Å². The van der Waals surface area contributed by atoms with Gasteiger partial charge in [0.2, 0.25) is 0 Å². The minimum atomic E-state index is 0. The molecule has 1 aromatic carbocycles. The minimum Gasteiger partial charge on any atom is -0.375 e. The number of halogens is 1. The molecule has 0 aliphatic heterocycles. The Balaban J connectivity index is 0.00000128. The summed E-state index contributed by atoms with van der Waals surface area (Å²) >= 11 is 1.49. The molecular formula is C12H15ClN2S. The molecule has 0 radical (unpaired) electrons. The van der Waals surface area contributed by atoms with E-state index in [1.165, 1.54) is 33.6 Å². The van der Waals surface area contributed by atoms with Crippen molar-refractivity contribution in [2.24, 2.45) is 0 Å². The van der Waals surface area contributed by atoms with Crippen molar-refractivity contribution in [1.82, 2.24) is 4.98 Å². The van der Waals surface area contributed by atoms with Crippen molar-refractivity contribution in [3.63, 3.8) is 0 Å². The van der Waals surface area contributed by atoms with Gasteiger partial charge in [0.1, 0.15) is 0 Å². The molecule has 2 aromatic rings. The summed E-state index contributed by atoms with van der Waals surface area (Å²) in [5, 5.41) is 2.64. The first-order valence-corrected chi connectivity index (χ1v) is 5.75. The zero-order valence-electron chi connectivity index (χ0n) is 9.57. The summed E-state index contributed by atoms with van der Waals surface area (Å²) in [7, 11) is 0. The molecule has 86 valence electrons. The molecule has 2 nitrogen and oxygen atoms in total. The molecule has 1 heterocycles. The minimum absolute atomic E-state index is 0. The second-order valence-electron chi connectivity index (χ2n) is 3.84. The zero-order chi connectivity index (χ0) is 11.0. The number of hydrogen-bond donors (Lipinski definition) is 1. The number of benzene rings is 1. The quantitative estimate of drug-likeness (QED) is 0.842. The van der Waals surface area contributed by atoms with Gasteiger partial charge >= 0.3 is 0 Å². The predicted octanol–water partition coefficient (Wildman–Crippen LogP) is 3.74. The Morgan fingerprint density at radius 1 is 1.12 bits per heavy atom. The SMILES string of the molecule is Cc1cc(C)c(-c2csc(N)n2)c(C)c1.Cl. The van der Waals surface area contributed by atoms with E-state index in [1.807, 2.05) is 5.38 Å². The van der Waals surface area contributed by atoms with E-state index < -0.39 is 0 Å². The van der Waals surface area contributed by atoms with Gasteiger partial charge in [-0.25, -0.2) is 4.98 Å². The molecule has 0 spiro atoms. The van der Waals surface area contributed by atoms with Crippen molar-refractivity contribution < 1.29 is 0 Å².